The Kier molecular flexibility index (Phi) is 5.22. The minimum absolute atomic E-state index is 0.141. The first-order valence-corrected chi connectivity index (χ1v) is 9.17. The van der Waals surface area contributed by atoms with Crippen molar-refractivity contribution in [1.82, 2.24) is 10.2 Å². The maximum absolute atomic E-state index is 12.0. The van der Waals surface area contributed by atoms with Gasteiger partial charge in [0.2, 0.25) is 0 Å². The lowest BCUT2D eigenvalue weighted by molar-refractivity contribution is -0.130. The van der Waals surface area contributed by atoms with E-state index in [1.54, 1.807) is 37.4 Å². The molecular formula is C15H20N2O2S2. The van der Waals surface area contributed by atoms with Crippen LogP contribution in [0.3, 0.4) is 0 Å². The number of nitrogens with one attached hydrogen (secondary N) is 1. The molecule has 0 atom stereocenters. The smallest absolute Gasteiger partial charge is 0.324 e. The predicted octanol–water partition coefficient (Wildman–Crippen LogP) is 2.97. The molecule has 1 aromatic carbocycles. The maximum atomic E-state index is 12.0. The topological polar surface area (TPSA) is 49.4 Å². The lowest BCUT2D eigenvalue weighted by Gasteiger charge is -2.15. The van der Waals surface area contributed by atoms with Crippen LogP contribution in [0.1, 0.15) is 19.4 Å². The van der Waals surface area contributed by atoms with E-state index in [-0.39, 0.29) is 11.9 Å². The first-order chi connectivity index (χ1) is 9.94. The van der Waals surface area contributed by atoms with Gasteiger partial charge in [0, 0.05) is 22.9 Å². The van der Waals surface area contributed by atoms with Gasteiger partial charge in [0.25, 0.3) is 5.91 Å². The van der Waals surface area contributed by atoms with Crippen molar-refractivity contribution in [3.05, 3.63) is 29.8 Å². The van der Waals surface area contributed by atoms with Gasteiger partial charge in [-0.15, -0.1) is 11.8 Å². The summed E-state index contributed by atoms with van der Waals surface area (Å²) >= 11 is 3.46. The van der Waals surface area contributed by atoms with Gasteiger partial charge in [0.05, 0.1) is 0 Å². The largest absolute Gasteiger partial charge is 0.325 e. The molecule has 1 aliphatic rings. The second-order valence-corrected chi connectivity index (χ2v) is 7.40. The summed E-state index contributed by atoms with van der Waals surface area (Å²) in [6.07, 6.45) is 2.06. The molecule has 0 radical (unpaired) electrons. The number of hydrogen-bond donors (Lipinski definition) is 1. The van der Waals surface area contributed by atoms with Gasteiger partial charge in [0.15, 0.2) is 0 Å². The van der Waals surface area contributed by atoms with E-state index in [0.29, 0.717) is 6.54 Å². The van der Waals surface area contributed by atoms with Crippen LogP contribution in [0.15, 0.2) is 29.2 Å². The van der Waals surface area contributed by atoms with Crippen molar-refractivity contribution in [3.63, 3.8) is 0 Å². The van der Waals surface area contributed by atoms with E-state index >= 15 is 0 Å². The minimum atomic E-state index is -0.768. The minimum Gasteiger partial charge on any atom is -0.324 e. The average molecular weight is 324 g/mol. The zero-order valence-corrected chi connectivity index (χ0v) is 14.1. The lowest BCUT2D eigenvalue weighted by Crippen LogP contribution is -2.40. The van der Waals surface area contributed by atoms with Crippen molar-refractivity contribution in [1.29, 1.82) is 0 Å². The summed E-state index contributed by atoms with van der Waals surface area (Å²) in [5.41, 5.74) is 0.491. The number of carbonyl (C=O) groups is 2. The fourth-order valence-corrected chi connectivity index (χ4v) is 3.38. The first-order valence-electron chi connectivity index (χ1n) is 6.79. The average Bonchev–Trinajstić information content (AvgIpc) is 2.65. The van der Waals surface area contributed by atoms with Crippen LogP contribution in [0.5, 0.6) is 0 Å². The molecule has 21 heavy (non-hydrogen) atoms. The first kappa shape index (κ1) is 16.2. The van der Waals surface area contributed by atoms with Gasteiger partial charge >= 0.3 is 6.03 Å². The summed E-state index contributed by atoms with van der Waals surface area (Å²) in [4.78, 5) is 26.3. The van der Waals surface area contributed by atoms with Crippen LogP contribution in [0.25, 0.3) is 0 Å². The van der Waals surface area contributed by atoms with Crippen LogP contribution in [-0.2, 0) is 10.5 Å². The van der Waals surface area contributed by atoms with Gasteiger partial charge in [-0.05, 0) is 37.8 Å². The molecule has 1 heterocycles. The second kappa shape index (κ2) is 6.75. The van der Waals surface area contributed by atoms with E-state index in [1.165, 1.54) is 15.4 Å². The highest BCUT2D eigenvalue weighted by molar-refractivity contribution is 7.98. The summed E-state index contributed by atoms with van der Waals surface area (Å²) < 4.78 is 0. The van der Waals surface area contributed by atoms with Gasteiger partial charge in [-0.3, -0.25) is 9.69 Å². The maximum Gasteiger partial charge on any atom is 0.325 e. The number of hydrogen-bond acceptors (Lipinski definition) is 4. The van der Waals surface area contributed by atoms with Crippen molar-refractivity contribution in [2.24, 2.45) is 0 Å². The highest BCUT2D eigenvalue weighted by Gasteiger charge is 2.43. The third kappa shape index (κ3) is 3.95. The Bertz CT molecular complexity index is 529. The number of thioether (sulfide) groups is 2. The van der Waals surface area contributed by atoms with Gasteiger partial charge in [0.1, 0.15) is 5.54 Å². The molecular weight excluding hydrogens is 304 g/mol. The van der Waals surface area contributed by atoms with Crippen molar-refractivity contribution in [2.75, 3.05) is 18.6 Å². The number of imide groups is 1. The third-order valence-corrected chi connectivity index (χ3v) is 5.08. The molecule has 2 rings (SSSR count). The van der Waals surface area contributed by atoms with Crippen LogP contribution >= 0.6 is 23.5 Å². The van der Waals surface area contributed by atoms with E-state index in [4.69, 9.17) is 0 Å². The van der Waals surface area contributed by atoms with E-state index in [2.05, 4.69) is 35.8 Å². The highest BCUT2D eigenvalue weighted by Crippen LogP contribution is 2.20. The molecule has 3 amide bonds. The lowest BCUT2D eigenvalue weighted by atomic mass is 10.1. The van der Waals surface area contributed by atoms with Crippen LogP contribution in [0.4, 0.5) is 4.79 Å². The van der Waals surface area contributed by atoms with Gasteiger partial charge < -0.3 is 5.32 Å². The number of benzene rings is 1. The molecule has 1 fully saturated rings. The monoisotopic (exact) mass is 324 g/mol. The standard InChI is InChI=1S/C15H20N2O2S2/c1-15(2)13(18)17(14(19)16-15)8-9-21-10-11-4-6-12(20-3)7-5-11/h4-7H,8-10H2,1-3H3,(H,16,19). The second-order valence-electron chi connectivity index (χ2n) is 5.41. The van der Waals surface area contributed by atoms with E-state index in [0.717, 1.165) is 11.5 Å². The van der Waals surface area contributed by atoms with E-state index in [9.17, 15) is 9.59 Å². The number of urea groups is 1. The Hall–Kier alpha value is -1.14. The highest BCUT2D eigenvalue weighted by atomic mass is 32.2. The van der Waals surface area contributed by atoms with E-state index in [1.807, 2.05) is 0 Å². The molecule has 0 saturated carbocycles. The van der Waals surface area contributed by atoms with Crippen molar-refractivity contribution < 1.29 is 9.59 Å². The molecule has 114 valence electrons. The van der Waals surface area contributed by atoms with Crippen LogP contribution in [0, 0.1) is 0 Å². The van der Waals surface area contributed by atoms with Crippen molar-refractivity contribution in [2.45, 2.75) is 30.0 Å². The fourth-order valence-electron chi connectivity index (χ4n) is 2.09. The predicted molar refractivity (Wildman–Crippen MR) is 88.7 cm³/mol. The van der Waals surface area contributed by atoms with Crippen LogP contribution in [0.2, 0.25) is 0 Å². The molecule has 4 nitrogen and oxygen atoms in total. The molecule has 1 aliphatic heterocycles. The Morgan fingerprint density at radius 3 is 2.38 bits per heavy atom. The normalized spacial score (nSPS) is 17.2. The molecule has 0 spiro atoms. The van der Waals surface area contributed by atoms with Gasteiger partial charge in [-0.1, -0.05) is 12.1 Å². The van der Waals surface area contributed by atoms with Crippen molar-refractivity contribution in [3.8, 4) is 0 Å². The summed E-state index contributed by atoms with van der Waals surface area (Å²) in [6.45, 7) is 3.92. The molecule has 0 unspecified atom stereocenters. The number of nitrogens with zero attached hydrogens (tertiary/aromatic N) is 1. The molecule has 1 aromatic rings. The summed E-state index contributed by atoms with van der Waals surface area (Å²) in [5.74, 6) is 1.50. The van der Waals surface area contributed by atoms with E-state index < -0.39 is 5.54 Å². The molecule has 0 aromatic heterocycles. The summed E-state index contributed by atoms with van der Waals surface area (Å²) in [6, 6.07) is 8.18. The summed E-state index contributed by atoms with van der Waals surface area (Å²) in [7, 11) is 0. The zero-order valence-electron chi connectivity index (χ0n) is 12.5. The number of carbonyl (C=O) groups excluding carboxylic acids is 2. The molecule has 0 aliphatic carbocycles. The van der Waals surface area contributed by atoms with Gasteiger partial charge in [-0.2, -0.15) is 11.8 Å². The molecule has 0 bridgehead atoms. The van der Waals surface area contributed by atoms with Crippen LogP contribution in [-0.4, -0.2) is 40.9 Å². The fraction of sp³-hybridized carbons (Fsp3) is 0.467. The van der Waals surface area contributed by atoms with Crippen molar-refractivity contribution >= 4 is 35.5 Å². The van der Waals surface area contributed by atoms with Crippen LogP contribution < -0.4 is 5.32 Å². The molecule has 6 heteroatoms. The Labute approximate surface area is 134 Å². The third-order valence-electron chi connectivity index (χ3n) is 3.33. The Morgan fingerprint density at radius 1 is 1.19 bits per heavy atom. The SMILES string of the molecule is CSc1ccc(CSCCN2C(=O)NC(C)(C)C2=O)cc1. The number of rotatable bonds is 6. The molecule has 1 saturated heterocycles. The molecule has 1 N–H and O–H groups in total. The Morgan fingerprint density at radius 2 is 1.86 bits per heavy atom. The zero-order chi connectivity index (χ0) is 15.5. The Balaban J connectivity index is 1.77. The summed E-state index contributed by atoms with van der Waals surface area (Å²) in [5, 5.41) is 2.69. The van der Waals surface area contributed by atoms with Gasteiger partial charge in [-0.25, -0.2) is 4.79 Å². The quantitative estimate of drug-likeness (QED) is 0.496. The number of amides is 3.